The molecule has 2 aliphatic heterocycles. The van der Waals surface area contributed by atoms with Crippen LogP contribution in [-0.4, -0.2) is 11.7 Å². The van der Waals surface area contributed by atoms with Crippen LogP contribution in [0.25, 0.3) is 32.7 Å². The third-order valence-electron chi connectivity index (χ3n) is 9.04. The van der Waals surface area contributed by atoms with Gasteiger partial charge < -0.3 is 18.8 Å². The number of rotatable bonds is 3. The summed E-state index contributed by atoms with van der Waals surface area (Å²) < 4.78 is 19.5. The Labute approximate surface area is 259 Å². The van der Waals surface area contributed by atoms with Crippen molar-refractivity contribution in [2.45, 2.75) is 0 Å². The number of pyridine rings is 1. The van der Waals surface area contributed by atoms with E-state index >= 15 is 0 Å². The Bertz CT molecular complexity index is 2470. The molecule has 210 valence electrons. The van der Waals surface area contributed by atoms with E-state index in [4.69, 9.17) is 13.9 Å². The van der Waals surface area contributed by atoms with Crippen LogP contribution < -0.4 is 30.8 Å². The second-order valence-electron chi connectivity index (χ2n) is 11.6. The number of anilines is 3. The van der Waals surface area contributed by atoms with E-state index in [0.29, 0.717) is 0 Å². The predicted octanol–water partition coefficient (Wildman–Crippen LogP) is 8.33. The number of para-hydroxylation sites is 2. The molecule has 6 heteroatoms. The maximum Gasteiger partial charge on any atom is 0.260 e. The quantitative estimate of drug-likeness (QED) is 0.197. The molecule has 6 aromatic carbocycles. The van der Waals surface area contributed by atoms with Crippen LogP contribution in [0, 0.1) is 0 Å². The summed E-state index contributed by atoms with van der Waals surface area (Å²) in [5.74, 6) is 3.38. The lowest BCUT2D eigenvalue weighted by atomic mass is 9.35. The number of aromatic nitrogens is 1. The van der Waals surface area contributed by atoms with Gasteiger partial charge in [0.1, 0.15) is 34.2 Å². The van der Waals surface area contributed by atoms with Gasteiger partial charge in [-0.3, -0.25) is 4.98 Å². The van der Waals surface area contributed by atoms with Crippen molar-refractivity contribution in [3.05, 3.63) is 140 Å². The summed E-state index contributed by atoms with van der Waals surface area (Å²) in [7, 11) is 0. The highest BCUT2D eigenvalue weighted by Crippen LogP contribution is 2.42. The van der Waals surface area contributed by atoms with E-state index in [9.17, 15) is 0 Å². The van der Waals surface area contributed by atoms with Crippen LogP contribution in [0.2, 0.25) is 0 Å². The molecular weight excluding hydrogens is 555 g/mol. The summed E-state index contributed by atoms with van der Waals surface area (Å²) in [6.45, 7) is -0.00879. The van der Waals surface area contributed by atoms with Crippen LogP contribution >= 0.6 is 0 Å². The highest BCUT2D eigenvalue weighted by atomic mass is 16.5. The van der Waals surface area contributed by atoms with Gasteiger partial charge in [-0.25, -0.2) is 0 Å². The summed E-state index contributed by atoms with van der Waals surface area (Å²) in [5.41, 5.74) is 7.93. The molecule has 2 aliphatic rings. The molecular formula is C39H23BN2O3. The molecule has 0 radical (unpaired) electrons. The van der Waals surface area contributed by atoms with Crippen molar-refractivity contribution in [2.24, 2.45) is 0 Å². The Kier molecular flexibility index (Phi) is 5.02. The molecule has 5 nitrogen and oxygen atoms in total. The monoisotopic (exact) mass is 578 g/mol. The predicted molar refractivity (Wildman–Crippen MR) is 181 cm³/mol. The Morgan fingerprint density at radius 1 is 0.511 bits per heavy atom. The second-order valence-corrected chi connectivity index (χ2v) is 11.6. The third-order valence-corrected chi connectivity index (χ3v) is 9.04. The molecule has 0 saturated carbocycles. The fraction of sp³-hybridized carbons (Fsp3) is 0. The zero-order chi connectivity index (χ0) is 29.5. The van der Waals surface area contributed by atoms with Crippen LogP contribution in [0.4, 0.5) is 17.1 Å². The van der Waals surface area contributed by atoms with E-state index in [-0.39, 0.29) is 6.71 Å². The van der Waals surface area contributed by atoms with E-state index < -0.39 is 0 Å². The Balaban J connectivity index is 1.16. The van der Waals surface area contributed by atoms with Gasteiger partial charge in [0, 0.05) is 50.6 Å². The van der Waals surface area contributed by atoms with Crippen molar-refractivity contribution in [1.82, 2.24) is 4.98 Å². The topological polar surface area (TPSA) is 47.7 Å². The summed E-state index contributed by atoms with van der Waals surface area (Å²) in [4.78, 5) is 6.84. The fourth-order valence-electron chi connectivity index (χ4n) is 7.06. The molecule has 0 saturated heterocycles. The van der Waals surface area contributed by atoms with Gasteiger partial charge in [-0.1, -0.05) is 66.7 Å². The Morgan fingerprint density at radius 2 is 1.27 bits per heavy atom. The lowest BCUT2D eigenvalue weighted by molar-refractivity contribution is 0.465. The molecule has 0 fully saturated rings. The molecule has 0 unspecified atom stereocenters. The van der Waals surface area contributed by atoms with E-state index in [1.165, 1.54) is 0 Å². The lowest BCUT2D eigenvalue weighted by Crippen LogP contribution is -2.57. The van der Waals surface area contributed by atoms with Crippen molar-refractivity contribution in [3.8, 4) is 23.0 Å². The van der Waals surface area contributed by atoms with Gasteiger partial charge in [0.2, 0.25) is 0 Å². The molecule has 45 heavy (non-hydrogen) atoms. The van der Waals surface area contributed by atoms with Crippen molar-refractivity contribution in [3.63, 3.8) is 0 Å². The maximum absolute atomic E-state index is 6.66. The molecule has 0 amide bonds. The molecule has 8 aromatic rings. The highest BCUT2D eigenvalue weighted by molar-refractivity contribution is 6.98. The van der Waals surface area contributed by atoms with E-state index in [1.54, 1.807) is 0 Å². The van der Waals surface area contributed by atoms with Crippen LogP contribution in [0.1, 0.15) is 0 Å². The minimum Gasteiger partial charge on any atom is -0.458 e. The van der Waals surface area contributed by atoms with Gasteiger partial charge >= 0.3 is 0 Å². The van der Waals surface area contributed by atoms with Gasteiger partial charge in [-0.05, 0) is 65.5 Å². The zero-order valence-electron chi connectivity index (χ0n) is 24.0. The van der Waals surface area contributed by atoms with Gasteiger partial charge in [-0.2, -0.15) is 0 Å². The normalized spacial score (nSPS) is 12.8. The fourth-order valence-corrected chi connectivity index (χ4v) is 7.06. The van der Waals surface area contributed by atoms with Crippen molar-refractivity contribution < 1.29 is 13.9 Å². The first-order valence-corrected chi connectivity index (χ1v) is 15.1. The first-order chi connectivity index (χ1) is 22.3. The van der Waals surface area contributed by atoms with Crippen LogP contribution in [-0.2, 0) is 0 Å². The minimum atomic E-state index is -0.00879. The molecule has 0 spiro atoms. The zero-order valence-corrected chi connectivity index (χ0v) is 24.0. The van der Waals surface area contributed by atoms with Gasteiger partial charge in [-0.15, -0.1) is 0 Å². The molecule has 0 atom stereocenters. The number of nitrogens with zero attached hydrogens (tertiary/aromatic N) is 2. The van der Waals surface area contributed by atoms with Crippen molar-refractivity contribution in [1.29, 1.82) is 0 Å². The molecule has 0 bridgehead atoms. The second kappa shape index (κ2) is 9.25. The third kappa shape index (κ3) is 3.60. The number of benzene rings is 6. The molecule has 10 rings (SSSR count). The lowest BCUT2D eigenvalue weighted by Gasteiger charge is -2.32. The average Bonchev–Trinajstić information content (AvgIpc) is 3.44. The van der Waals surface area contributed by atoms with E-state index in [0.717, 1.165) is 89.2 Å². The minimum absolute atomic E-state index is 0.00879. The molecule has 4 heterocycles. The first kappa shape index (κ1) is 24.4. The van der Waals surface area contributed by atoms with Gasteiger partial charge in [0.15, 0.2) is 0 Å². The summed E-state index contributed by atoms with van der Waals surface area (Å²) in [6.07, 6.45) is 3.84. The number of ether oxygens (including phenoxy) is 2. The van der Waals surface area contributed by atoms with E-state index in [2.05, 4.69) is 94.8 Å². The summed E-state index contributed by atoms with van der Waals surface area (Å²) >= 11 is 0. The highest BCUT2D eigenvalue weighted by Gasteiger charge is 2.40. The number of fused-ring (bicyclic) bond motifs is 8. The molecule has 0 N–H and O–H groups in total. The Hall–Kier alpha value is -6.01. The standard InChI is InChI=1S/C39H23BN2O3/c1-2-10-25(11-3-1)42(32-23-41-22-24-9-4-5-12-27(24)32)26-17-18-28-29-20-38-31(21-37(29)45-36(28)19-26)40-30-13-6-7-14-33(30)43-34-15-8-16-35(44-38)39(34)40/h1-23H. The summed E-state index contributed by atoms with van der Waals surface area (Å²) in [6, 6.07) is 43.7. The maximum atomic E-state index is 6.66. The largest absolute Gasteiger partial charge is 0.458 e. The number of hydrogen-bond donors (Lipinski definition) is 0. The molecule has 0 aliphatic carbocycles. The van der Waals surface area contributed by atoms with Crippen LogP contribution in [0.3, 0.4) is 0 Å². The van der Waals surface area contributed by atoms with Crippen LogP contribution in [0.15, 0.2) is 144 Å². The van der Waals surface area contributed by atoms with Gasteiger partial charge in [0.05, 0.1) is 11.9 Å². The SMILES string of the molecule is c1ccc(N(c2ccc3c(c2)oc2cc4c(cc23)Oc2cccc3c2B4c2ccccc2O3)c2cncc3ccccc23)cc1. The number of furan rings is 1. The van der Waals surface area contributed by atoms with Gasteiger partial charge in [0.25, 0.3) is 6.71 Å². The first-order valence-electron chi connectivity index (χ1n) is 15.1. The van der Waals surface area contributed by atoms with Crippen molar-refractivity contribution >= 4 is 72.9 Å². The molecule has 2 aromatic heterocycles. The van der Waals surface area contributed by atoms with E-state index in [1.807, 2.05) is 54.9 Å². The van der Waals surface area contributed by atoms with Crippen LogP contribution in [0.5, 0.6) is 23.0 Å². The number of hydrogen-bond acceptors (Lipinski definition) is 5. The smallest absolute Gasteiger partial charge is 0.260 e. The summed E-state index contributed by atoms with van der Waals surface area (Å²) in [5, 5.41) is 4.27. The Morgan fingerprint density at radius 3 is 2.18 bits per heavy atom. The van der Waals surface area contributed by atoms with Crippen molar-refractivity contribution in [2.75, 3.05) is 4.90 Å². The average molecular weight is 578 g/mol.